The Hall–Kier alpha value is -1.93. The van der Waals surface area contributed by atoms with E-state index in [0.717, 1.165) is 6.07 Å². The van der Waals surface area contributed by atoms with E-state index in [4.69, 9.17) is 11.0 Å². The lowest BCUT2D eigenvalue weighted by molar-refractivity contribution is -0.119. The molecule has 0 aliphatic rings. The lowest BCUT2D eigenvalue weighted by Crippen LogP contribution is -2.45. The van der Waals surface area contributed by atoms with Crippen LogP contribution in [0.3, 0.4) is 0 Å². The summed E-state index contributed by atoms with van der Waals surface area (Å²) >= 11 is 0. The van der Waals surface area contributed by atoms with Crippen LogP contribution in [0, 0.1) is 29.5 Å². The average Bonchev–Trinajstić information content (AvgIpc) is 2.32. The van der Waals surface area contributed by atoms with Crippen LogP contribution in [0.15, 0.2) is 12.1 Å². The van der Waals surface area contributed by atoms with Crippen LogP contribution in [-0.2, 0) is 4.79 Å². The summed E-state index contributed by atoms with van der Waals surface area (Å²) in [4.78, 5) is 12.0. The lowest BCUT2D eigenvalue weighted by Gasteiger charge is -2.26. The van der Waals surface area contributed by atoms with Gasteiger partial charge in [-0.1, -0.05) is 20.8 Å². The van der Waals surface area contributed by atoms with Crippen molar-refractivity contribution in [2.24, 2.45) is 11.1 Å². The molecule has 0 radical (unpaired) electrons. The monoisotopic (exact) mass is 263 g/mol. The van der Waals surface area contributed by atoms with Gasteiger partial charge in [0.2, 0.25) is 5.91 Å². The molecule has 0 heterocycles. The second kappa shape index (κ2) is 5.37. The molecule has 19 heavy (non-hydrogen) atoms. The average molecular weight is 263 g/mol. The van der Waals surface area contributed by atoms with Crippen molar-refractivity contribution in [2.45, 2.75) is 33.7 Å². The van der Waals surface area contributed by atoms with Gasteiger partial charge in [0.15, 0.2) is 0 Å². The summed E-state index contributed by atoms with van der Waals surface area (Å²) in [7, 11) is 0. The number of carbonyl (C=O) groups excluding carboxylic acids is 1. The van der Waals surface area contributed by atoms with Gasteiger partial charge in [0.05, 0.1) is 17.7 Å². The summed E-state index contributed by atoms with van der Waals surface area (Å²) in [5.74, 6) is -0.927. The molecule has 1 unspecified atom stereocenters. The van der Waals surface area contributed by atoms with Gasteiger partial charge >= 0.3 is 0 Å². The number of nitrogens with one attached hydrogen (secondary N) is 1. The van der Waals surface area contributed by atoms with Gasteiger partial charge in [0.25, 0.3) is 0 Å². The molecule has 0 bridgehead atoms. The molecule has 1 atom stereocenters. The number of halogens is 1. The van der Waals surface area contributed by atoms with Gasteiger partial charge in [-0.15, -0.1) is 0 Å². The minimum absolute atomic E-state index is 0.155. The first-order chi connectivity index (χ1) is 8.66. The van der Waals surface area contributed by atoms with Crippen LogP contribution in [0.25, 0.3) is 0 Å². The SMILES string of the molecule is Cc1c(F)cc(C#N)cc1NC(=O)C(N)C(C)(C)C. The summed E-state index contributed by atoms with van der Waals surface area (Å²) in [5, 5.41) is 11.4. The third-order valence-electron chi connectivity index (χ3n) is 2.95. The Labute approximate surface area is 112 Å². The minimum atomic E-state index is -0.722. The van der Waals surface area contributed by atoms with Gasteiger partial charge in [-0.3, -0.25) is 4.79 Å². The second-order valence-electron chi connectivity index (χ2n) is 5.58. The quantitative estimate of drug-likeness (QED) is 0.859. The number of amides is 1. The fourth-order valence-electron chi connectivity index (χ4n) is 1.48. The number of hydrogen-bond donors (Lipinski definition) is 2. The Balaban J connectivity index is 3.04. The number of nitrogens with two attached hydrogens (primary N) is 1. The molecular weight excluding hydrogens is 245 g/mol. The molecule has 1 amide bonds. The number of nitriles is 1. The molecule has 0 saturated heterocycles. The molecule has 1 rings (SSSR count). The van der Waals surface area contributed by atoms with Gasteiger partial charge < -0.3 is 11.1 Å². The molecule has 1 aromatic rings. The normalized spacial score (nSPS) is 12.7. The molecule has 1 aromatic carbocycles. The number of rotatable bonds is 2. The standard InChI is InChI=1S/C14H18FN3O/c1-8-10(15)5-9(7-16)6-11(8)18-13(19)12(17)14(2,3)4/h5-6,12H,17H2,1-4H3,(H,18,19). The Morgan fingerprint density at radius 2 is 2.05 bits per heavy atom. The van der Waals surface area contributed by atoms with Crippen LogP contribution >= 0.6 is 0 Å². The summed E-state index contributed by atoms with van der Waals surface area (Å²) in [6.07, 6.45) is 0. The lowest BCUT2D eigenvalue weighted by atomic mass is 9.87. The molecule has 5 heteroatoms. The van der Waals surface area contributed by atoms with Crippen molar-refractivity contribution in [3.8, 4) is 6.07 Å². The number of nitrogens with zero attached hydrogens (tertiary/aromatic N) is 1. The predicted octanol–water partition coefficient (Wildman–Crippen LogP) is 2.32. The topological polar surface area (TPSA) is 78.9 Å². The number of benzene rings is 1. The van der Waals surface area contributed by atoms with Crippen molar-refractivity contribution in [1.82, 2.24) is 0 Å². The molecule has 0 aromatic heterocycles. The molecule has 4 nitrogen and oxygen atoms in total. The molecule has 0 aliphatic heterocycles. The molecule has 0 saturated carbocycles. The summed E-state index contributed by atoms with van der Waals surface area (Å²) in [5.41, 5.74) is 6.15. The van der Waals surface area contributed by atoms with E-state index in [2.05, 4.69) is 5.32 Å². The van der Waals surface area contributed by atoms with Crippen molar-refractivity contribution in [1.29, 1.82) is 5.26 Å². The van der Waals surface area contributed by atoms with Crippen LogP contribution in [-0.4, -0.2) is 11.9 Å². The summed E-state index contributed by atoms with van der Waals surface area (Å²) in [6, 6.07) is 3.69. The van der Waals surface area contributed by atoms with Gasteiger partial charge in [0.1, 0.15) is 5.82 Å². The predicted molar refractivity (Wildman–Crippen MR) is 71.9 cm³/mol. The van der Waals surface area contributed by atoms with E-state index in [9.17, 15) is 9.18 Å². The zero-order valence-corrected chi connectivity index (χ0v) is 11.5. The van der Waals surface area contributed by atoms with Gasteiger partial charge in [0, 0.05) is 11.3 Å². The number of anilines is 1. The van der Waals surface area contributed by atoms with E-state index in [1.54, 1.807) is 0 Å². The maximum absolute atomic E-state index is 13.6. The van der Waals surface area contributed by atoms with Crippen molar-refractivity contribution in [3.63, 3.8) is 0 Å². The molecule has 0 aliphatic carbocycles. The Morgan fingerprint density at radius 3 is 2.53 bits per heavy atom. The van der Waals surface area contributed by atoms with Crippen LogP contribution < -0.4 is 11.1 Å². The smallest absolute Gasteiger partial charge is 0.241 e. The van der Waals surface area contributed by atoms with Gasteiger partial charge in [-0.05, 0) is 24.5 Å². The summed E-state index contributed by atoms with van der Waals surface area (Å²) in [6.45, 7) is 7.07. The maximum Gasteiger partial charge on any atom is 0.241 e. The van der Waals surface area contributed by atoms with Crippen molar-refractivity contribution in [3.05, 3.63) is 29.1 Å². The van der Waals surface area contributed by atoms with Crippen LogP contribution in [0.4, 0.5) is 10.1 Å². The molecular formula is C14H18FN3O. The maximum atomic E-state index is 13.6. The zero-order valence-electron chi connectivity index (χ0n) is 11.5. The molecule has 0 spiro atoms. The highest BCUT2D eigenvalue weighted by molar-refractivity contribution is 5.96. The van der Waals surface area contributed by atoms with E-state index in [1.807, 2.05) is 26.8 Å². The first-order valence-electron chi connectivity index (χ1n) is 5.93. The Morgan fingerprint density at radius 1 is 1.47 bits per heavy atom. The highest BCUT2D eigenvalue weighted by Gasteiger charge is 2.27. The minimum Gasteiger partial charge on any atom is -0.324 e. The fraction of sp³-hybridized carbons (Fsp3) is 0.429. The highest BCUT2D eigenvalue weighted by Crippen LogP contribution is 2.23. The first kappa shape index (κ1) is 15.1. The van der Waals surface area contributed by atoms with E-state index in [1.165, 1.54) is 13.0 Å². The largest absolute Gasteiger partial charge is 0.324 e. The first-order valence-corrected chi connectivity index (χ1v) is 5.93. The van der Waals surface area contributed by atoms with Crippen LogP contribution in [0.1, 0.15) is 31.9 Å². The third-order valence-corrected chi connectivity index (χ3v) is 2.95. The third kappa shape index (κ3) is 3.52. The van der Waals surface area contributed by atoms with Gasteiger partial charge in [-0.2, -0.15) is 5.26 Å². The van der Waals surface area contributed by atoms with Crippen molar-refractivity contribution in [2.75, 3.05) is 5.32 Å². The van der Waals surface area contributed by atoms with E-state index in [-0.39, 0.29) is 16.8 Å². The molecule has 3 N–H and O–H groups in total. The second-order valence-corrected chi connectivity index (χ2v) is 5.58. The van der Waals surface area contributed by atoms with E-state index < -0.39 is 23.2 Å². The Bertz CT molecular complexity index is 541. The Kier molecular flexibility index (Phi) is 4.28. The van der Waals surface area contributed by atoms with Gasteiger partial charge in [-0.25, -0.2) is 4.39 Å². The molecule has 0 fully saturated rings. The van der Waals surface area contributed by atoms with Crippen molar-refractivity contribution >= 4 is 11.6 Å². The fourth-order valence-corrected chi connectivity index (χ4v) is 1.48. The highest BCUT2D eigenvalue weighted by atomic mass is 19.1. The van der Waals surface area contributed by atoms with Crippen LogP contribution in [0.2, 0.25) is 0 Å². The van der Waals surface area contributed by atoms with Crippen molar-refractivity contribution < 1.29 is 9.18 Å². The number of hydrogen-bond acceptors (Lipinski definition) is 3. The molecule has 102 valence electrons. The van der Waals surface area contributed by atoms with E-state index >= 15 is 0 Å². The number of carbonyl (C=O) groups is 1. The zero-order chi connectivity index (χ0) is 14.8. The van der Waals surface area contributed by atoms with E-state index in [0.29, 0.717) is 0 Å². The van der Waals surface area contributed by atoms with Crippen LogP contribution in [0.5, 0.6) is 0 Å². The summed E-state index contributed by atoms with van der Waals surface area (Å²) < 4.78 is 13.6.